The molecule has 2 N–H and O–H groups in total. The lowest BCUT2D eigenvalue weighted by molar-refractivity contribution is 0.243. The third kappa shape index (κ3) is 3.34. The highest BCUT2D eigenvalue weighted by atomic mass is 19.1. The summed E-state index contributed by atoms with van der Waals surface area (Å²) in [5.41, 5.74) is 8.41. The van der Waals surface area contributed by atoms with Gasteiger partial charge >= 0.3 is 0 Å². The van der Waals surface area contributed by atoms with E-state index in [1.807, 2.05) is 9.47 Å². The number of rotatable bonds is 3. The van der Waals surface area contributed by atoms with E-state index in [9.17, 15) is 8.78 Å². The van der Waals surface area contributed by atoms with Gasteiger partial charge in [-0.1, -0.05) is 6.07 Å². The molecule has 1 aromatic carbocycles. The lowest BCUT2D eigenvalue weighted by atomic mass is 10.1. The number of nitrogens with two attached hydrogens (primary N) is 1. The number of hydrogen-bond acceptors (Lipinski definition) is 4. The van der Waals surface area contributed by atoms with Gasteiger partial charge in [-0.05, 0) is 24.6 Å². The smallest absolute Gasteiger partial charge is 0.206 e. The second kappa shape index (κ2) is 6.93. The van der Waals surface area contributed by atoms with E-state index in [1.165, 1.54) is 18.3 Å². The topological polar surface area (TPSA) is 64.3 Å². The van der Waals surface area contributed by atoms with E-state index in [1.54, 1.807) is 18.2 Å². The Hall–Kier alpha value is -3.05. The number of hydrogen-bond donors (Lipinski definition) is 1. The number of alkyl halides is 1. The molecule has 3 aromatic rings. The Kier molecular flexibility index (Phi) is 4.46. The minimum Gasteiger partial charge on any atom is -0.340 e. The number of nitrogens with zero attached hydrogens (tertiary/aromatic N) is 5. The van der Waals surface area contributed by atoms with Crippen molar-refractivity contribution in [3.8, 4) is 0 Å². The van der Waals surface area contributed by atoms with E-state index in [0.29, 0.717) is 43.2 Å². The van der Waals surface area contributed by atoms with Gasteiger partial charge in [-0.15, -0.1) is 0 Å². The van der Waals surface area contributed by atoms with Crippen molar-refractivity contribution in [1.82, 2.24) is 14.5 Å². The molecule has 0 unspecified atom stereocenters. The average molecular weight is 368 g/mol. The monoisotopic (exact) mass is 368 g/mol. The first-order valence-corrected chi connectivity index (χ1v) is 8.68. The molecule has 138 valence electrons. The molecule has 0 spiro atoms. The standard InChI is InChI=1S/C19H18F2N6/c1-23-13-3-4-14(24-9-13)10-27-18-5-2-12(20)8-17(18)25-19(27)26-7-6-15(21)16(22)11-26/h2-5,8-9,15-16H,6-7,10-11,22H2/t15-,16+/m0/s1. The number of piperidine rings is 1. The van der Waals surface area contributed by atoms with Crippen LogP contribution in [-0.2, 0) is 6.54 Å². The molecular formula is C19H18F2N6. The Morgan fingerprint density at radius 2 is 2.15 bits per heavy atom. The molecule has 0 radical (unpaired) electrons. The lowest BCUT2D eigenvalue weighted by Gasteiger charge is -2.34. The minimum atomic E-state index is -1.03. The van der Waals surface area contributed by atoms with Gasteiger partial charge in [0.2, 0.25) is 11.6 Å². The van der Waals surface area contributed by atoms with Crippen LogP contribution in [0, 0.1) is 12.4 Å². The summed E-state index contributed by atoms with van der Waals surface area (Å²) < 4.78 is 29.4. The summed E-state index contributed by atoms with van der Waals surface area (Å²) in [4.78, 5) is 14.2. The van der Waals surface area contributed by atoms with Gasteiger partial charge in [0.25, 0.3) is 0 Å². The molecule has 1 aliphatic rings. The first kappa shape index (κ1) is 17.4. The van der Waals surface area contributed by atoms with Crippen LogP contribution in [0.5, 0.6) is 0 Å². The lowest BCUT2D eigenvalue weighted by Crippen LogP contribution is -2.50. The number of anilines is 1. The molecule has 1 fully saturated rings. The zero-order chi connectivity index (χ0) is 19.0. The first-order valence-electron chi connectivity index (χ1n) is 8.68. The maximum absolute atomic E-state index is 13.8. The summed E-state index contributed by atoms with van der Waals surface area (Å²) in [5, 5.41) is 0. The SMILES string of the molecule is [C-]#[N+]c1ccc(Cn2c(N3CC[C@H](F)[C@H](N)C3)nc3cc(F)ccc32)nc1. The molecule has 3 heterocycles. The number of imidazole rings is 1. The van der Waals surface area contributed by atoms with E-state index in [0.717, 1.165) is 11.2 Å². The summed E-state index contributed by atoms with van der Waals surface area (Å²) in [5.74, 6) is 0.256. The van der Waals surface area contributed by atoms with E-state index in [2.05, 4.69) is 14.8 Å². The molecule has 6 nitrogen and oxygen atoms in total. The molecule has 0 amide bonds. The first-order chi connectivity index (χ1) is 13.0. The van der Waals surface area contributed by atoms with E-state index in [4.69, 9.17) is 12.3 Å². The Balaban J connectivity index is 1.75. The summed E-state index contributed by atoms with van der Waals surface area (Å²) in [6, 6.07) is 7.35. The number of halogens is 2. The normalized spacial score (nSPS) is 20.0. The van der Waals surface area contributed by atoms with Crippen molar-refractivity contribution in [1.29, 1.82) is 0 Å². The Morgan fingerprint density at radius 1 is 1.30 bits per heavy atom. The van der Waals surface area contributed by atoms with Gasteiger partial charge in [-0.3, -0.25) is 4.98 Å². The second-order valence-electron chi connectivity index (χ2n) is 6.67. The van der Waals surface area contributed by atoms with Gasteiger partial charge < -0.3 is 15.2 Å². The fraction of sp³-hybridized carbons (Fsp3) is 0.316. The number of pyridine rings is 1. The van der Waals surface area contributed by atoms with Crippen LogP contribution in [0.2, 0.25) is 0 Å². The third-order valence-electron chi connectivity index (χ3n) is 4.80. The van der Waals surface area contributed by atoms with Crippen molar-refractivity contribution in [3.05, 3.63) is 59.5 Å². The molecule has 27 heavy (non-hydrogen) atoms. The fourth-order valence-electron chi connectivity index (χ4n) is 3.36. The Morgan fingerprint density at radius 3 is 2.85 bits per heavy atom. The highest BCUT2D eigenvalue weighted by molar-refractivity contribution is 5.79. The van der Waals surface area contributed by atoms with Crippen molar-refractivity contribution in [3.63, 3.8) is 0 Å². The predicted octanol–water partition coefficient (Wildman–Crippen LogP) is 3.04. The molecule has 1 saturated heterocycles. The van der Waals surface area contributed by atoms with Gasteiger partial charge in [0.05, 0.1) is 35.9 Å². The minimum absolute atomic E-state index is 0.330. The fourth-order valence-corrected chi connectivity index (χ4v) is 3.36. The van der Waals surface area contributed by atoms with Gasteiger partial charge in [0.15, 0.2) is 0 Å². The molecule has 1 aliphatic heterocycles. The Bertz CT molecular complexity index is 1010. The highest BCUT2D eigenvalue weighted by Gasteiger charge is 2.29. The summed E-state index contributed by atoms with van der Waals surface area (Å²) in [6.45, 7) is 8.27. The summed E-state index contributed by atoms with van der Waals surface area (Å²) >= 11 is 0. The van der Waals surface area contributed by atoms with E-state index >= 15 is 0 Å². The van der Waals surface area contributed by atoms with Gasteiger partial charge in [0.1, 0.15) is 12.0 Å². The van der Waals surface area contributed by atoms with Gasteiger partial charge in [-0.2, -0.15) is 0 Å². The summed E-state index contributed by atoms with van der Waals surface area (Å²) in [6.07, 6.45) is 0.821. The number of fused-ring (bicyclic) bond motifs is 1. The van der Waals surface area contributed by atoms with Crippen molar-refractivity contribution in [2.75, 3.05) is 18.0 Å². The molecule has 0 bridgehead atoms. The largest absolute Gasteiger partial charge is 0.340 e. The van der Waals surface area contributed by atoms with Crippen LogP contribution >= 0.6 is 0 Å². The van der Waals surface area contributed by atoms with Crippen molar-refractivity contribution < 1.29 is 8.78 Å². The van der Waals surface area contributed by atoms with Crippen LogP contribution in [-0.4, -0.2) is 39.8 Å². The molecule has 2 aromatic heterocycles. The van der Waals surface area contributed by atoms with Crippen LogP contribution in [0.3, 0.4) is 0 Å². The van der Waals surface area contributed by atoms with Crippen LogP contribution in [0.15, 0.2) is 36.5 Å². The number of benzene rings is 1. The maximum Gasteiger partial charge on any atom is 0.206 e. The van der Waals surface area contributed by atoms with Crippen LogP contribution < -0.4 is 10.6 Å². The number of aromatic nitrogens is 3. The molecule has 0 aliphatic carbocycles. The highest BCUT2D eigenvalue weighted by Crippen LogP contribution is 2.27. The molecule has 2 atom stereocenters. The zero-order valence-electron chi connectivity index (χ0n) is 14.5. The predicted molar refractivity (Wildman–Crippen MR) is 99.0 cm³/mol. The molecule has 4 rings (SSSR count). The van der Waals surface area contributed by atoms with Crippen molar-refractivity contribution >= 4 is 22.7 Å². The third-order valence-corrected chi connectivity index (χ3v) is 4.80. The van der Waals surface area contributed by atoms with Gasteiger partial charge in [-0.25, -0.2) is 18.6 Å². The van der Waals surface area contributed by atoms with Crippen molar-refractivity contribution in [2.24, 2.45) is 5.73 Å². The van der Waals surface area contributed by atoms with E-state index < -0.39 is 12.2 Å². The molecule has 8 heteroatoms. The molecular weight excluding hydrogens is 350 g/mol. The maximum atomic E-state index is 13.8. The Labute approximate surface area is 155 Å². The van der Waals surface area contributed by atoms with E-state index in [-0.39, 0.29) is 5.82 Å². The van der Waals surface area contributed by atoms with Crippen LogP contribution in [0.25, 0.3) is 15.9 Å². The average Bonchev–Trinajstić information content (AvgIpc) is 3.02. The molecule has 0 saturated carbocycles. The second-order valence-corrected chi connectivity index (χ2v) is 6.67. The van der Waals surface area contributed by atoms with Gasteiger partial charge in [0, 0.05) is 25.4 Å². The van der Waals surface area contributed by atoms with Crippen LogP contribution in [0.1, 0.15) is 12.1 Å². The van der Waals surface area contributed by atoms with Crippen LogP contribution in [0.4, 0.5) is 20.4 Å². The quantitative estimate of drug-likeness (QED) is 0.722. The summed E-state index contributed by atoms with van der Waals surface area (Å²) in [7, 11) is 0. The zero-order valence-corrected chi connectivity index (χ0v) is 14.5. The van der Waals surface area contributed by atoms with Crippen molar-refractivity contribution in [2.45, 2.75) is 25.2 Å².